The Bertz CT molecular complexity index is 1270. The van der Waals surface area contributed by atoms with E-state index in [0.717, 1.165) is 28.7 Å². The summed E-state index contributed by atoms with van der Waals surface area (Å²) in [4.78, 5) is 27.5. The van der Waals surface area contributed by atoms with E-state index in [2.05, 4.69) is 16.1 Å². The van der Waals surface area contributed by atoms with E-state index in [4.69, 9.17) is 9.15 Å². The van der Waals surface area contributed by atoms with E-state index in [1.165, 1.54) is 29.9 Å². The SMILES string of the molecule is CS(=O)(=O)NC1CCN(C(=O)OCC2CCc3c(sc(NC(=O)C=Cc4ccoc4)c3C#N)C2)CC1. The fourth-order valence-electron chi connectivity index (χ4n) is 4.46. The molecule has 0 aromatic carbocycles. The largest absolute Gasteiger partial charge is 0.472 e. The molecule has 10 nitrogen and oxygen atoms in total. The number of thiophene rings is 1. The van der Waals surface area contributed by atoms with Gasteiger partial charge in [-0.2, -0.15) is 5.26 Å². The summed E-state index contributed by atoms with van der Waals surface area (Å²) >= 11 is 1.40. The number of fused-ring (bicyclic) bond motifs is 1. The molecule has 1 atom stereocenters. The summed E-state index contributed by atoms with van der Waals surface area (Å²) in [6, 6.07) is 3.80. The van der Waals surface area contributed by atoms with Crippen molar-refractivity contribution in [2.45, 2.75) is 38.1 Å². The Morgan fingerprint density at radius 3 is 2.78 bits per heavy atom. The van der Waals surface area contributed by atoms with Gasteiger partial charge in [-0.15, -0.1) is 11.3 Å². The summed E-state index contributed by atoms with van der Waals surface area (Å²) in [6.45, 7) is 1.15. The first-order valence-electron chi connectivity index (χ1n) is 11.7. The van der Waals surface area contributed by atoms with Crippen LogP contribution in [0.3, 0.4) is 0 Å². The number of anilines is 1. The number of sulfonamides is 1. The molecule has 36 heavy (non-hydrogen) atoms. The van der Waals surface area contributed by atoms with Gasteiger partial charge in [-0.1, -0.05) is 0 Å². The molecule has 0 saturated carbocycles. The molecule has 3 heterocycles. The molecule has 4 rings (SSSR count). The van der Waals surface area contributed by atoms with Crippen LogP contribution < -0.4 is 10.0 Å². The number of carbonyl (C=O) groups is 2. The highest BCUT2D eigenvalue weighted by molar-refractivity contribution is 7.88. The second-order valence-corrected chi connectivity index (χ2v) is 11.9. The van der Waals surface area contributed by atoms with Gasteiger partial charge in [0.15, 0.2) is 0 Å². The van der Waals surface area contributed by atoms with Gasteiger partial charge in [0.05, 0.1) is 31.0 Å². The summed E-state index contributed by atoms with van der Waals surface area (Å²) in [7, 11) is -3.27. The van der Waals surface area contributed by atoms with Gasteiger partial charge in [0, 0.05) is 35.6 Å². The van der Waals surface area contributed by atoms with Gasteiger partial charge in [0.1, 0.15) is 11.1 Å². The second kappa shape index (κ2) is 11.3. The summed E-state index contributed by atoms with van der Waals surface area (Å²) in [5, 5.41) is 13.0. The van der Waals surface area contributed by atoms with Crippen molar-refractivity contribution in [3.05, 3.63) is 46.2 Å². The molecule has 2 aromatic heterocycles. The normalized spacial score (nSPS) is 18.6. The molecule has 2 N–H and O–H groups in total. The Kier molecular flexibility index (Phi) is 8.13. The number of likely N-dealkylation sites (tertiary alicyclic amines) is 1. The molecule has 2 aromatic rings. The van der Waals surface area contributed by atoms with Crippen LogP contribution in [-0.2, 0) is 32.4 Å². The molecule has 12 heteroatoms. The van der Waals surface area contributed by atoms with Crippen molar-refractivity contribution >= 4 is 44.4 Å². The number of piperidine rings is 1. The quantitative estimate of drug-likeness (QED) is 0.522. The highest BCUT2D eigenvalue weighted by Gasteiger charge is 2.29. The van der Waals surface area contributed by atoms with Crippen molar-refractivity contribution in [3.8, 4) is 6.07 Å². The van der Waals surface area contributed by atoms with Gasteiger partial charge in [0.25, 0.3) is 0 Å². The van der Waals surface area contributed by atoms with E-state index in [0.29, 0.717) is 49.3 Å². The topological polar surface area (TPSA) is 142 Å². The summed E-state index contributed by atoms with van der Waals surface area (Å²) in [5.41, 5.74) is 2.23. The van der Waals surface area contributed by atoms with Gasteiger partial charge >= 0.3 is 6.09 Å². The molecule has 2 amide bonds. The minimum absolute atomic E-state index is 0.126. The van der Waals surface area contributed by atoms with E-state index in [1.807, 2.05) is 0 Å². The van der Waals surface area contributed by atoms with Crippen LogP contribution in [0.15, 0.2) is 29.1 Å². The number of nitrogens with zero attached hydrogens (tertiary/aromatic N) is 2. The summed E-state index contributed by atoms with van der Waals surface area (Å²) in [6.07, 6.45) is 10.0. The predicted octanol–water partition coefficient (Wildman–Crippen LogP) is 3.12. The number of carbonyl (C=O) groups excluding carboxylic acids is 2. The smallest absolute Gasteiger partial charge is 0.409 e. The first-order chi connectivity index (χ1) is 17.2. The van der Waals surface area contributed by atoms with E-state index in [1.54, 1.807) is 17.0 Å². The van der Waals surface area contributed by atoms with Crippen LogP contribution in [0.5, 0.6) is 0 Å². The Labute approximate surface area is 214 Å². The van der Waals surface area contributed by atoms with Gasteiger partial charge in [0.2, 0.25) is 15.9 Å². The van der Waals surface area contributed by atoms with Crippen molar-refractivity contribution in [1.29, 1.82) is 5.26 Å². The number of hydrogen-bond acceptors (Lipinski definition) is 8. The maximum absolute atomic E-state index is 12.5. The fourth-order valence-corrected chi connectivity index (χ4v) is 6.62. The average molecular weight is 533 g/mol. The molecular formula is C24H28N4O6S2. The number of furan rings is 1. The van der Waals surface area contributed by atoms with Crippen molar-refractivity contribution < 1.29 is 27.2 Å². The zero-order valence-electron chi connectivity index (χ0n) is 19.9. The molecule has 1 unspecified atom stereocenters. The molecule has 1 saturated heterocycles. The van der Waals surface area contributed by atoms with Crippen LogP contribution in [0.25, 0.3) is 6.08 Å². The van der Waals surface area contributed by atoms with Crippen molar-refractivity contribution in [2.24, 2.45) is 5.92 Å². The number of hydrogen-bond donors (Lipinski definition) is 2. The highest BCUT2D eigenvalue weighted by Crippen LogP contribution is 2.39. The molecule has 0 radical (unpaired) electrons. The zero-order chi connectivity index (χ0) is 25.7. The number of amides is 2. The lowest BCUT2D eigenvalue weighted by atomic mass is 9.88. The molecule has 2 aliphatic rings. The number of nitrogens with one attached hydrogen (secondary N) is 2. The molecule has 1 fully saturated rings. The first kappa shape index (κ1) is 25.9. The maximum atomic E-state index is 12.5. The Hall–Kier alpha value is -3.14. The van der Waals surface area contributed by atoms with E-state index < -0.39 is 10.0 Å². The van der Waals surface area contributed by atoms with E-state index in [9.17, 15) is 23.3 Å². The number of rotatable bonds is 7. The monoisotopic (exact) mass is 532 g/mol. The molecule has 0 bridgehead atoms. The van der Waals surface area contributed by atoms with Crippen molar-refractivity contribution in [1.82, 2.24) is 9.62 Å². The van der Waals surface area contributed by atoms with E-state index in [-0.39, 0.29) is 30.6 Å². The standard InChI is InChI=1S/C24H28N4O6S2/c1-36(31,32)27-18-6-9-28(10-7-18)24(30)34-15-17-2-4-19-20(13-25)23(35-21(19)12-17)26-22(29)5-3-16-8-11-33-14-16/h3,5,8,11,14,17-18,27H,2,4,6-7,9-10,12,15H2,1H3,(H,26,29). The third kappa shape index (κ3) is 6.75. The first-order valence-corrected chi connectivity index (χ1v) is 14.4. The second-order valence-electron chi connectivity index (χ2n) is 9.04. The fraction of sp³-hybridized carbons (Fsp3) is 0.458. The molecule has 1 aliphatic carbocycles. The van der Waals surface area contributed by atoms with Crippen LogP contribution in [0.2, 0.25) is 0 Å². The molecular weight excluding hydrogens is 504 g/mol. The lowest BCUT2D eigenvalue weighted by molar-refractivity contribution is -0.111. The van der Waals surface area contributed by atoms with Gasteiger partial charge in [-0.3, -0.25) is 4.79 Å². The van der Waals surface area contributed by atoms with E-state index >= 15 is 0 Å². The maximum Gasteiger partial charge on any atom is 0.409 e. The Morgan fingerprint density at radius 1 is 1.33 bits per heavy atom. The van der Waals surface area contributed by atoms with Crippen molar-refractivity contribution in [3.63, 3.8) is 0 Å². The minimum Gasteiger partial charge on any atom is -0.472 e. The lowest BCUT2D eigenvalue weighted by Crippen LogP contribution is -2.46. The van der Waals surface area contributed by atoms with Gasteiger partial charge in [-0.25, -0.2) is 17.9 Å². The van der Waals surface area contributed by atoms with Crippen LogP contribution >= 0.6 is 11.3 Å². The highest BCUT2D eigenvalue weighted by atomic mass is 32.2. The number of nitriles is 1. The molecule has 0 spiro atoms. The zero-order valence-corrected chi connectivity index (χ0v) is 21.5. The van der Waals surface area contributed by atoms with Gasteiger partial charge in [-0.05, 0) is 55.7 Å². The lowest BCUT2D eigenvalue weighted by Gasteiger charge is -2.32. The van der Waals surface area contributed by atoms with Crippen molar-refractivity contribution in [2.75, 3.05) is 31.3 Å². The Balaban J connectivity index is 1.28. The van der Waals surface area contributed by atoms with Gasteiger partial charge < -0.3 is 19.4 Å². The molecule has 1 aliphatic heterocycles. The average Bonchev–Trinajstić information content (AvgIpc) is 3.47. The van der Waals surface area contributed by atoms with Crippen LogP contribution in [0.4, 0.5) is 9.80 Å². The Morgan fingerprint density at radius 2 is 2.11 bits per heavy atom. The molecule has 192 valence electrons. The number of ether oxygens (including phenoxy) is 1. The summed E-state index contributed by atoms with van der Waals surface area (Å²) in [5.74, 6) is -0.201. The third-order valence-electron chi connectivity index (χ3n) is 6.26. The minimum atomic E-state index is -3.27. The predicted molar refractivity (Wildman–Crippen MR) is 135 cm³/mol. The third-order valence-corrected chi connectivity index (χ3v) is 8.19. The van der Waals surface area contributed by atoms with Crippen LogP contribution in [0.1, 0.15) is 40.8 Å². The van der Waals surface area contributed by atoms with Crippen LogP contribution in [0, 0.1) is 17.2 Å². The van der Waals surface area contributed by atoms with Crippen LogP contribution in [-0.4, -0.2) is 57.3 Å². The summed E-state index contributed by atoms with van der Waals surface area (Å²) < 4.78 is 35.9.